The quantitative estimate of drug-likeness (QED) is 0.239. The minimum absolute atomic E-state index is 0.0442. The second-order valence-electron chi connectivity index (χ2n) is 7.96. The number of nitrogens with one attached hydrogen (secondary N) is 1. The number of carbonyl (C=O) groups excluding carboxylic acids is 3. The number of furan rings is 1. The maximum absolute atomic E-state index is 13.3. The predicted octanol–water partition coefficient (Wildman–Crippen LogP) is 4.04. The van der Waals surface area contributed by atoms with Crippen LogP contribution in [0.25, 0.3) is 0 Å². The number of H-pyrrole nitrogens is 1. The number of hydrogen-bond acceptors (Lipinski definition) is 5. The molecule has 2 unspecified atom stereocenters. The Hall–Kier alpha value is -4.52. The molecule has 0 saturated carbocycles. The fourth-order valence-corrected chi connectivity index (χ4v) is 4.21. The third-order valence-electron chi connectivity index (χ3n) is 5.76. The molecule has 1 N–H and O–H groups in total. The largest absolute Gasteiger partial charge is 0.461 e. The Kier molecular flexibility index (Phi) is 5.74. The predicted molar refractivity (Wildman–Crippen MR) is 121 cm³/mol. The van der Waals surface area contributed by atoms with Gasteiger partial charge in [0.25, 0.3) is 5.91 Å². The summed E-state index contributed by atoms with van der Waals surface area (Å²) in [5.74, 6) is -1.97. The number of para-hydroxylation sites is 1. The van der Waals surface area contributed by atoms with Crippen LogP contribution in [0.1, 0.15) is 27.7 Å². The number of ketones is 2. The highest BCUT2D eigenvalue weighted by Crippen LogP contribution is 2.40. The van der Waals surface area contributed by atoms with E-state index in [0.29, 0.717) is 17.1 Å². The van der Waals surface area contributed by atoms with Crippen LogP contribution in [0.15, 0.2) is 102 Å². The molecule has 7 heteroatoms. The van der Waals surface area contributed by atoms with Gasteiger partial charge in [0.15, 0.2) is 18.2 Å². The molecular weight excluding hydrogens is 432 g/mol. The maximum Gasteiger partial charge on any atom is 0.291 e. The van der Waals surface area contributed by atoms with Gasteiger partial charge in [0.1, 0.15) is 17.4 Å². The van der Waals surface area contributed by atoms with Crippen molar-refractivity contribution in [1.29, 1.82) is 0 Å². The van der Waals surface area contributed by atoms with Gasteiger partial charge in [0.2, 0.25) is 11.6 Å². The lowest BCUT2D eigenvalue weighted by Crippen LogP contribution is -2.30. The van der Waals surface area contributed by atoms with E-state index in [1.54, 1.807) is 42.7 Å². The fourth-order valence-electron chi connectivity index (χ4n) is 4.21. The van der Waals surface area contributed by atoms with Crippen molar-refractivity contribution < 1.29 is 28.5 Å². The second kappa shape index (κ2) is 9.15. The van der Waals surface area contributed by atoms with Crippen LogP contribution in [-0.4, -0.2) is 22.4 Å². The molecule has 1 aliphatic heterocycles. The highest BCUT2D eigenvalue weighted by molar-refractivity contribution is 6.43. The van der Waals surface area contributed by atoms with Crippen molar-refractivity contribution in [3.8, 4) is 11.5 Å². The van der Waals surface area contributed by atoms with Crippen LogP contribution < -0.4 is 9.72 Å². The molecule has 34 heavy (non-hydrogen) atoms. The lowest BCUT2D eigenvalue weighted by Gasteiger charge is -2.27. The topological polar surface area (TPSA) is 91.0 Å². The van der Waals surface area contributed by atoms with Crippen LogP contribution in [0.2, 0.25) is 0 Å². The molecule has 2 aromatic carbocycles. The van der Waals surface area contributed by atoms with Crippen molar-refractivity contribution >= 4 is 17.5 Å². The molecule has 0 spiro atoms. The highest BCUT2D eigenvalue weighted by Gasteiger charge is 2.52. The third-order valence-corrected chi connectivity index (χ3v) is 5.76. The summed E-state index contributed by atoms with van der Waals surface area (Å²) in [5.41, 5.74) is 1.42. The number of amides is 1. The van der Waals surface area contributed by atoms with Gasteiger partial charge in [-0.15, -0.1) is 0 Å². The molecule has 3 heterocycles. The molecule has 4 aromatic rings. The van der Waals surface area contributed by atoms with Crippen molar-refractivity contribution in [2.24, 2.45) is 5.92 Å². The first-order valence-electron chi connectivity index (χ1n) is 10.8. The number of aromatic amines is 1. The van der Waals surface area contributed by atoms with E-state index in [0.717, 1.165) is 5.56 Å². The standard InChI is InChI=1S/C27H20N2O5/c30-25(22-12-6-14-33-22)23-24(29(27(32)26(23)31)17-18-7-5-13-28-16-18)19-8-4-11-21(15-19)34-20-9-2-1-3-10-20/h1-16,23-24H,17H2/p+1. The zero-order chi connectivity index (χ0) is 23.5. The Morgan fingerprint density at radius 1 is 0.941 bits per heavy atom. The molecule has 2 atom stereocenters. The first-order chi connectivity index (χ1) is 16.6. The average Bonchev–Trinajstić information content (AvgIpc) is 3.49. The Balaban J connectivity index is 1.55. The number of aromatic nitrogens is 1. The normalized spacial score (nSPS) is 17.7. The number of nitrogens with zero attached hydrogens (tertiary/aromatic N) is 1. The highest BCUT2D eigenvalue weighted by atomic mass is 16.5. The van der Waals surface area contributed by atoms with E-state index < -0.39 is 29.4 Å². The number of Topliss-reactive ketones (excluding diaryl/α,β-unsaturated/α-hetero) is 2. The number of rotatable bonds is 7. The van der Waals surface area contributed by atoms with Crippen LogP contribution in [-0.2, 0) is 16.1 Å². The number of carbonyl (C=O) groups is 3. The van der Waals surface area contributed by atoms with E-state index >= 15 is 0 Å². The van der Waals surface area contributed by atoms with Crippen molar-refractivity contribution in [3.05, 3.63) is 114 Å². The van der Waals surface area contributed by atoms with Crippen LogP contribution in [0, 0.1) is 5.92 Å². The lowest BCUT2D eigenvalue weighted by molar-refractivity contribution is -0.378. The van der Waals surface area contributed by atoms with E-state index in [9.17, 15) is 14.4 Å². The molecule has 5 rings (SSSR count). The second-order valence-corrected chi connectivity index (χ2v) is 7.96. The van der Waals surface area contributed by atoms with E-state index in [1.807, 2.05) is 42.5 Å². The molecule has 1 amide bonds. The van der Waals surface area contributed by atoms with Crippen LogP contribution >= 0.6 is 0 Å². The summed E-state index contributed by atoms with van der Waals surface area (Å²) >= 11 is 0. The van der Waals surface area contributed by atoms with Gasteiger partial charge in [-0.25, -0.2) is 4.98 Å². The van der Waals surface area contributed by atoms with E-state index in [2.05, 4.69) is 4.98 Å². The van der Waals surface area contributed by atoms with E-state index in [-0.39, 0.29) is 12.3 Å². The van der Waals surface area contributed by atoms with Crippen molar-refractivity contribution in [2.45, 2.75) is 12.6 Å². The molecular formula is C27H21N2O5+. The number of likely N-dealkylation sites (tertiary alicyclic amines) is 1. The first kappa shape index (κ1) is 21.3. The smallest absolute Gasteiger partial charge is 0.291 e. The van der Waals surface area contributed by atoms with Crippen molar-refractivity contribution in [3.63, 3.8) is 0 Å². The molecule has 7 nitrogen and oxygen atoms in total. The Bertz CT molecular complexity index is 1320. The Morgan fingerprint density at radius 3 is 2.50 bits per heavy atom. The van der Waals surface area contributed by atoms with Gasteiger partial charge in [-0.05, 0) is 48.0 Å². The monoisotopic (exact) mass is 453 g/mol. The Morgan fingerprint density at radius 2 is 1.76 bits per heavy atom. The van der Waals surface area contributed by atoms with Gasteiger partial charge in [0.05, 0.1) is 18.8 Å². The summed E-state index contributed by atoms with van der Waals surface area (Å²) in [6.45, 7) is 0.165. The summed E-state index contributed by atoms with van der Waals surface area (Å²) < 4.78 is 11.2. The van der Waals surface area contributed by atoms with Gasteiger partial charge < -0.3 is 14.1 Å². The number of pyridine rings is 1. The Labute approximate surface area is 195 Å². The number of hydrogen-bond donors (Lipinski definition) is 0. The van der Waals surface area contributed by atoms with Crippen molar-refractivity contribution in [2.75, 3.05) is 0 Å². The lowest BCUT2D eigenvalue weighted by atomic mass is 9.88. The molecule has 1 aliphatic rings. The van der Waals surface area contributed by atoms with Gasteiger partial charge in [-0.2, -0.15) is 0 Å². The summed E-state index contributed by atoms with van der Waals surface area (Å²) in [5, 5.41) is 0. The molecule has 0 radical (unpaired) electrons. The van der Waals surface area contributed by atoms with Crippen molar-refractivity contribution in [1.82, 2.24) is 4.90 Å². The molecule has 0 aliphatic carbocycles. The van der Waals surface area contributed by atoms with Gasteiger partial charge in [-0.1, -0.05) is 30.3 Å². The zero-order valence-corrected chi connectivity index (χ0v) is 18.1. The SMILES string of the molecule is O=C1C(=O)N(Cc2ccc[nH+]c2)C(c2cccc(Oc3ccccc3)c2)C1C(=O)c1ccco1. The average molecular weight is 453 g/mol. The molecule has 1 fully saturated rings. The van der Waals surface area contributed by atoms with Crippen LogP contribution in [0.5, 0.6) is 11.5 Å². The van der Waals surface area contributed by atoms with Crippen LogP contribution in [0.4, 0.5) is 0 Å². The summed E-state index contributed by atoms with van der Waals surface area (Å²) in [4.78, 5) is 43.9. The van der Waals surface area contributed by atoms with Gasteiger partial charge >= 0.3 is 0 Å². The zero-order valence-electron chi connectivity index (χ0n) is 18.1. The third kappa shape index (κ3) is 4.11. The van der Waals surface area contributed by atoms with Gasteiger partial charge in [0, 0.05) is 11.6 Å². The minimum Gasteiger partial charge on any atom is -0.461 e. The summed E-state index contributed by atoms with van der Waals surface area (Å²) in [7, 11) is 0. The van der Waals surface area contributed by atoms with E-state index in [1.165, 1.54) is 17.2 Å². The molecule has 2 aromatic heterocycles. The summed E-state index contributed by atoms with van der Waals surface area (Å²) in [6.07, 6.45) is 4.88. The van der Waals surface area contributed by atoms with Crippen LogP contribution in [0.3, 0.4) is 0 Å². The van der Waals surface area contributed by atoms with Gasteiger partial charge in [-0.3, -0.25) is 14.4 Å². The number of benzene rings is 2. The number of ether oxygens (including phenoxy) is 1. The minimum atomic E-state index is -1.22. The maximum atomic E-state index is 13.3. The summed E-state index contributed by atoms with van der Waals surface area (Å²) in [6, 6.07) is 22.3. The fraction of sp³-hybridized carbons (Fsp3) is 0.111. The molecule has 1 saturated heterocycles. The molecule has 0 bridgehead atoms. The molecule has 168 valence electrons. The van der Waals surface area contributed by atoms with E-state index in [4.69, 9.17) is 9.15 Å². The first-order valence-corrected chi connectivity index (χ1v) is 10.8.